The van der Waals surface area contributed by atoms with Gasteiger partial charge in [-0.15, -0.1) is 0 Å². The quantitative estimate of drug-likeness (QED) is 0.0420. The molecule has 18 nitrogen and oxygen atoms in total. The summed E-state index contributed by atoms with van der Waals surface area (Å²) in [6.45, 7) is 6.85. The highest BCUT2D eigenvalue weighted by atomic mass is 16.5. The second-order valence-electron chi connectivity index (χ2n) is 16.0. The number of amides is 5. The predicted octanol–water partition coefficient (Wildman–Crippen LogP) is 4.71. The number of imide groups is 1. The maximum atomic E-state index is 13.4. The van der Waals surface area contributed by atoms with Crippen LogP contribution in [0.25, 0.3) is 11.3 Å². The molecule has 0 spiro atoms. The number of piperazine rings is 1. The Labute approximate surface area is 388 Å². The topological polar surface area (TPSA) is 217 Å². The first-order chi connectivity index (χ1) is 32.6. The third-order valence-corrected chi connectivity index (χ3v) is 11.5. The Morgan fingerprint density at radius 1 is 0.851 bits per heavy atom. The number of hydrogen-bond donors (Lipinski definition) is 4. The van der Waals surface area contributed by atoms with E-state index in [1.54, 1.807) is 30.7 Å². The van der Waals surface area contributed by atoms with Crippen molar-refractivity contribution in [2.45, 2.75) is 38.8 Å². The van der Waals surface area contributed by atoms with E-state index in [1.807, 2.05) is 72.5 Å². The summed E-state index contributed by atoms with van der Waals surface area (Å²) in [5.74, 6) is -1.46. The lowest BCUT2D eigenvalue weighted by Crippen LogP contribution is -2.48. The smallest absolute Gasteiger partial charge is 0.264 e. The van der Waals surface area contributed by atoms with E-state index in [1.165, 1.54) is 13.1 Å². The monoisotopic (exact) mass is 910 g/mol. The molecular weight excluding hydrogens is 857 g/mol. The molecule has 18 heteroatoms. The third-order valence-electron chi connectivity index (χ3n) is 11.5. The first-order valence-electron chi connectivity index (χ1n) is 22.2. The van der Waals surface area contributed by atoms with Crippen molar-refractivity contribution < 1.29 is 38.2 Å². The van der Waals surface area contributed by atoms with Gasteiger partial charge in [0.1, 0.15) is 12.3 Å². The summed E-state index contributed by atoms with van der Waals surface area (Å²) in [5.41, 5.74) is 6.40. The van der Waals surface area contributed by atoms with Crippen LogP contribution in [0.15, 0.2) is 97.5 Å². The van der Waals surface area contributed by atoms with Gasteiger partial charge in [0.05, 0.1) is 49.7 Å². The van der Waals surface area contributed by atoms with E-state index in [0.717, 1.165) is 46.1 Å². The molecule has 0 aliphatic carbocycles. The zero-order valence-corrected chi connectivity index (χ0v) is 37.5. The van der Waals surface area contributed by atoms with Crippen molar-refractivity contribution in [3.63, 3.8) is 0 Å². The second kappa shape index (κ2) is 23.2. The van der Waals surface area contributed by atoms with Crippen LogP contribution in [0.4, 0.5) is 23.0 Å². The largest absolute Gasteiger partial charge is 0.382 e. The normalized spacial score (nSPS) is 14.1. The fraction of sp³-hybridized carbons (Fsp3) is 0.327. The van der Waals surface area contributed by atoms with Gasteiger partial charge in [-0.05, 0) is 79.1 Å². The molecule has 2 aromatic heterocycles. The molecule has 0 radical (unpaired) electrons. The standard InChI is InChI=1S/C49H54N10O8/c1-33-10-15-37(30-41(33)56-49-53-19-16-39(55-49)36-6-4-18-51-31-36)54-45(62)35-13-11-34(12-14-35)32-57-21-23-58(24-22-57)43(61)17-26-66-28-29-67-27-20-52-40-8-3-7-38-44(40)48(65)59(47(38)64)42(9-5-25-60)46(63)50-2/h3-4,6-8,10-16,18-19,25,30-31,42,52H,5,9,17,20-24,26-29,32H2,1-2H3,(H,50,63)(H,54,62)(H,53,55,56). The molecule has 5 aromatic rings. The Bertz CT molecular complexity index is 2550. The molecule has 67 heavy (non-hydrogen) atoms. The Morgan fingerprint density at radius 3 is 2.39 bits per heavy atom. The van der Waals surface area contributed by atoms with Crippen molar-refractivity contribution in [3.05, 3.63) is 125 Å². The number of rotatable bonds is 22. The molecule has 1 fully saturated rings. The van der Waals surface area contributed by atoms with Crippen LogP contribution >= 0.6 is 0 Å². The molecule has 1 saturated heterocycles. The number of ether oxygens (including phenoxy) is 2. The number of aldehydes is 1. The summed E-state index contributed by atoms with van der Waals surface area (Å²) in [5, 5.41) is 11.9. The number of aromatic nitrogens is 3. The number of anilines is 4. The minimum Gasteiger partial charge on any atom is -0.382 e. The number of carbonyl (C=O) groups excluding carboxylic acids is 6. The molecule has 1 atom stereocenters. The molecule has 348 valence electrons. The Morgan fingerprint density at radius 2 is 1.64 bits per heavy atom. The Hall–Kier alpha value is -7.41. The highest BCUT2D eigenvalue weighted by Crippen LogP contribution is 2.32. The van der Waals surface area contributed by atoms with Crippen molar-refractivity contribution in [3.8, 4) is 11.3 Å². The van der Waals surface area contributed by atoms with Gasteiger partial charge in [0.15, 0.2) is 0 Å². The number of pyridine rings is 1. The molecule has 4 heterocycles. The van der Waals surface area contributed by atoms with Crippen LogP contribution < -0.4 is 21.3 Å². The molecule has 0 saturated carbocycles. The van der Waals surface area contributed by atoms with Gasteiger partial charge >= 0.3 is 0 Å². The number of hydrogen-bond acceptors (Lipinski definition) is 14. The molecule has 4 N–H and O–H groups in total. The van der Waals surface area contributed by atoms with Gasteiger partial charge in [-0.2, -0.15) is 0 Å². The fourth-order valence-corrected chi connectivity index (χ4v) is 7.83. The number of aryl methyl sites for hydroxylation is 1. The summed E-state index contributed by atoms with van der Waals surface area (Å²) < 4.78 is 11.3. The van der Waals surface area contributed by atoms with Crippen molar-refractivity contribution in [2.24, 2.45) is 0 Å². The summed E-state index contributed by atoms with van der Waals surface area (Å²) >= 11 is 0. The Balaban J connectivity index is 0.766. The van der Waals surface area contributed by atoms with Gasteiger partial charge in [0.2, 0.25) is 17.8 Å². The van der Waals surface area contributed by atoms with Gasteiger partial charge in [0.25, 0.3) is 17.7 Å². The van der Waals surface area contributed by atoms with Gasteiger partial charge < -0.3 is 40.4 Å². The molecule has 2 aliphatic heterocycles. The second-order valence-corrected chi connectivity index (χ2v) is 16.0. The molecule has 5 amide bonds. The van der Waals surface area contributed by atoms with E-state index in [2.05, 4.69) is 41.1 Å². The third kappa shape index (κ3) is 12.3. The lowest BCUT2D eigenvalue weighted by atomic mass is 10.1. The minimum absolute atomic E-state index is 0.0246. The van der Waals surface area contributed by atoms with Crippen molar-refractivity contribution in [1.82, 2.24) is 35.0 Å². The summed E-state index contributed by atoms with van der Waals surface area (Å²) in [4.78, 5) is 94.4. The molecule has 7 rings (SSSR count). The first-order valence-corrected chi connectivity index (χ1v) is 22.2. The number of nitrogens with one attached hydrogen (secondary N) is 4. The van der Waals surface area contributed by atoms with Crippen LogP contribution in [0.5, 0.6) is 0 Å². The predicted molar refractivity (Wildman–Crippen MR) is 251 cm³/mol. The molecular formula is C49H54N10O8. The number of carbonyl (C=O) groups is 6. The zero-order chi connectivity index (χ0) is 47.1. The van der Waals surface area contributed by atoms with Crippen LogP contribution in [-0.2, 0) is 30.4 Å². The van der Waals surface area contributed by atoms with E-state index < -0.39 is 23.8 Å². The highest BCUT2D eigenvalue weighted by molar-refractivity contribution is 6.25. The fourth-order valence-electron chi connectivity index (χ4n) is 7.83. The average Bonchev–Trinajstić information content (AvgIpc) is 3.61. The van der Waals surface area contributed by atoms with Crippen LogP contribution in [-0.4, -0.2) is 138 Å². The summed E-state index contributed by atoms with van der Waals surface area (Å²) in [6, 6.07) is 22.6. The van der Waals surface area contributed by atoms with E-state index in [0.29, 0.717) is 68.6 Å². The van der Waals surface area contributed by atoms with Gasteiger partial charge in [-0.1, -0.05) is 24.3 Å². The van der Waals surface area contributed by atoms with Crippen LogP contribution in [0, 0.1) is 6.92 Å². The summed E-state index contributed by atoms with van der Waals surface area (Å²) in [6.07, 6.45) is 6.11. The van der Waals surface area contributed by atoms with Crippen LogP contribution in [0.1, 0.15) is 61.5 Å². The van der Waals surface area contributed by atoms with Crippen molar-refractivity contribution in [1.29, 1.82) is 0 Å². The lowest BCUT2D eigenvalue weighted by Gasteiger charge is -2.34. The zero-order valence-electron chi connectivity index (χ0n) is 37.5. The number of nitrogens with zero attached hydrogens (tertiary/aromatic N) is 6. The molecule has 1 unspecified atom stereocenters. The Kier molecular flexibility index (Phi) is 16.4. The van der Waals surface area contributed by atoms with Gasteiger partial charge in [-0.25, -0.2) is 9.97 Å². The van der Waals surface area contributed by atoms with Crippen molar-refractivity contribution >= 4 is 58.8 Å². The molecule has 2 aliphatic rings. The van der Waals surface area contributed by atoms with E-state index >= 15 is 0 Å². The number of fused-ring (bicyclic) bond motifs is 1. The van der Waals surface area contributed by atoms with Gasteiger partial charge in [0, 0.05) is 99.5 Å². The first kappa shape index (κ1) is 47.5. The maximum Gasteiger partial charge on any atom is 0.264 e. The average molecular weight is 911 g/mol. The SMILES string of the molecule is CNC(=O)C(CCC=O)N1C(=O)c2cccc(NCCOCCOCCC(=O)N3CCN(Cc4ccc(C(=O)Nc5ccc(C)c(Nc6nccc(-c7cccnc7)n6)c5)cc4)CC3)c2C1=O. The van der Waals surface area contributed by atoms with Crippen LogP contribution in [0.3, 0.4) is 0 Å². The van der Waals surface area contributed by atoms with E-state index in [4.69, 9.17) is 9.47 Å². The highest BCUT2D eigenvalue weighted by Gasteiger charge is 2.43. The summed E-state index contributed by atoms with van der Waals surface area (Å²) in [7, 11) is 1.41. The number of likely N-dealkylation sites (N-methyl/N-ethyl adjacent to an activating group) is 1. The lowest BCUT2D eigenvalue weighted by molar-refractivity contribution is -0.134. The van der Waals surface area contributed by atoms with Gasteiger partial charge in [-0.3, -0.25) is 38.8 Å². The minimum atomic E-state index is -1.09. The van der Waals surface area contributed by atoms with Crippen molar-refractivity contribution in [2.75, 3.05) is 82.1 Å². The maximum absolute atomic E-state index is 13.4. The molecule has 3 aromatic carbocycles. The van der Waals surface area contributed by atoms with E-state index in [-0.39, 0.29) is 55.4 Å². The number of benzene rings is 3. The molecule has 0 bridgehead atoms. The van der Waals surface area contributed by atoms with E-state index in [9.17, 15) is 28.8 Å². The van der Waals surface area contributed by atoms with Crippen LogP contribution in [0.2, 0.25) is 0 Å².